The molecule has 140 valence electrons. The lowest BCUT2D eigenvalue weighted by Gasteiger charge is -2.05. The third-order valence-corrected chi connectivity index (χ3v) is 4.58. The normalized spacial score (nSPS) is 11.4. The maximum atomic E-state index is 12.0. The van der Waals surface area contributed by atoms with Crippen LogP contribution in [0.25, 0.3) is 10.9 Å². The van der Waals surface area contributed by atoms with E-state index in [1.54, 1.807) is 24.4 Å². The van der Waals surface area contributed by atoms with Gasteiger partial charge in [-0.25, -0.2) is 4.99 Å². The van der Waals surface area contributed by atoms with Gasteiger partial charge >= 0.3 is 0 Å². The van der Waals surface area contributed by atoms with E-state index in [1.807, 2.05) is 37.3 Å². The Bertz CT molecular complexity index is 1210. The topological polar surface area (TPSA) is 112 Å². The van der Waals surface area contributed by atoms with Crippen LogP contribution in [-0.4, -0.2) is 27.3 Å². The second-order valence-electron chi connectivity index (χ2n) is 6.26. The van der Waals surface area contributed by atoms with E-state index in [9.17, 15) is 4.79 Å². The van der Waals surface area contributed by atoms with E-state index >= 15 is 0 Å². The van der Waals surface area contributed by atoms with Crippen LogP contribution in [0.5, 0.6) is 0 Å². The highest BCUT2D eigenvalue weighted by Gasteiger charge is 2.18. The molecule has 2 aromatic heterocycles. The van der Waals surface area contributed by atoms with Crippen LogP contribution in [-0.2, 0) is 0 Å². The molecule has 4 rings (SSSR count). The molecule has 0 fully saturated rings. The number of hydrogen-bond acceptors (Lipinski definition) is 4. The van der Waals surface area contributed by atoms with Crippen LogP contribution in [0.1, 0.15) is 21.6 Å². The summed E-state index contributed by atoms with van der Waals surface area (Å²) < 4.78 is 0. The van der Waals surface area contributed by atoms with Crippen molar-refractivity contribution in [3.8, 4) is 0 Å². The lowest BCUT2D eigenvalue weighted by molar-refractivity contribution is 0.100. The zero-order valence-corrected chi connectivity index (χ0v) is 15.7. The maximum Gasteiger partial charge on any atom is 0.256 e. The van der Waals surface area contributed by atoms with Crippen LogP contribution >= 0.6 is 11.6 Å². The second-order valence-corrected chi connectivity index (χ2v) is 6.70. The van der Waals surface area contributed by atoms with Crippen LogP contribution in [0.15, 0.2) is 53.5 Å². The number of H-pyrrole nitrogens is 2. The number of nitrogens with zero attached hydrogens (tertiary/aromatic N) is 2. The zero-order chi connectivity index (χ0) is 19.7. The Labute approximate surface area is 165 Å². The number of benzene rings is 2. The number of anilines is 2. The van der Waals surface area contributed by atoms with Gasteiger partial charge in [0.15, 0.2) is 5.82 Å². The van der Waals surface area contributed by atoms with E-state index in [1.165, 1.54) is 0 Å². The highest BCUT2D eigenvalue weighted by Crippen LogP contribution is 2.28. The highest BCUT2D eigenvalue weighted by atomic mass is 35.5. The second kappa shape index (κ2) is 7.21. The van der Waals surface area contributed by atoms with Crippen LogP contribution in [0.2, 0.25) is 5.02 Å². The largest absolute Gasteiger partial charge is 0.365 e. The fourth-order valence-corrected chi connectivity index (χ4v) is 3.24. The van der Waals surface area contributed by atoms with Crippen molar-refractivity contribution in [2.75, 3.05) is 5.32 Å². The summed E-state index contributed by atoms with van der Waals surface area (Å²) in [5, 5.41) is 11.6. The number of carbonyl (C=O) groups is 1. The van der Waals surface area contributed by atoms with E-state index in [2.05, 4.69) is 25.5 Å². The van der Waals surface area contributed by atoms with E-state index < -0.39 is 5.91 Å². The number of primary amides is 1. The minimum Gasteiger partial charge on any atom is -0.365 e. The predicted molar refractivity (Wildman–Crippen MR) is 112 cm³/mol. The number of rotatable bonds is 5. The molecule has 7 nitrogen and oxygen atoms in total. The minimum atomic E-state index is -0.638. The summed E-state index contributed by atoms with van der Waals surface area (Å²) in [5.74, 6) is -0.0691. The van der Waals surface area contributed by atoms with Gasteiger partial charge in [0.1, 0.15) is 11.4 Å². The standard InChI is InChI=1S/C20H17ClN6O/c1-11-15(14-7-2-3-8-16(14)24-11)10-23-19-17(18(22)28)20(27-26-19)25-13-6-4-5-12(21)9-13/h2-10,24H,1H3,(H2,22,28)(H2,25,26,27). The van der Waals surface area contributed by atoms with Crippen molar-refractivity contribution < 1.29 is 4.79 Å². The summed E-state index contributed by atoms with van der Waals surface area (Å²) in [6.45, 7) is 1.97. The van der Waals surface area contributed by atoms with Crippen molar-refractivity contribution in [3.05, 3.63) is 70.4 Å². The number of nitrogens with two attached hydrogens (primary N) is 1. The molecule has 0 radical (unpaired) electrons. The molecule has 2 heterocycles. The summed E-state index contributed by atoms with van der Waals surface area (Å²) in [4.78, 5) is 19.7. The molecule has 4 aromatic rings. The monoisotopic (exact) mass is 392 g/mol. The van der Waals surface area contributed by atoms with Gasteiger partial charge in [0.2, 0.25) is 0 Å². The molecule has 0 saturated heterocycles. The highest BCUT2D eigenvalue weighted by molar-refractivity contribution is 6.30. The van der Waals surface area contributed by atoms with Gasteiger partial charge < -0.3 is 16.0 Å². The van der Waals surface area contributed by atoms with Gasteiger partial charge in [-0.2, -0.15) is 5.10 Å². The number of fused-ring (bicyclic) bond motifs is 1. The first-order chi connectivity index (χ1) is 13.5. The number of nitrogens with one attached hydrogen (secondary N) is 3. The Morgan fingerprint density at radius 1 is 1.25 bits per heavy atom. The number of aliphatic imine (C=N–C) groups is 1. The van der Waals surface area contributed by atoms with Crippen molar-refractivity contribution in [1.29, 1.82) is 0 Å². The van der Waals surface area contributed by atoms with Crippen LogP contribution < -0.4 is 11.1 Å². The Hall–Kier alpha value is -3.58. The van der Waals surface area contributed by atoms with Crippen molar-refractivity contribution >= 4 is 51.9 Å². The van der Waals surface area contributed by atoms with E-state index in [-0.39, 0.29) is 11.4 Å². The maximum absolute atomic E-state index is 12.0. The predicted octanol–water partition coefficient (Wildman–Crippen LogP) is 4.45. The summed E-state index contributed by atoms with van der Waals surface area (Å²) >= 11 is 6.00. The molecule has 0 unspecified atom stereocenters. The molecular formula is C20H17ClN6O. The van der Waals surface area contributed by atoms with E-state index in [0.29, 0.717) is 16.5 Å². The van der Waals surface area contributed by atoms with Gasteiger partial charge in [-0.05, 0) is 31.2 Å². The first kappa shape index (κ1) is 17.8. The Balaban J connectivity index is 1.70. The van der Waals surface area contributed by atoms with Crippen molar-refractivity contribution in [3.63, 3.8) is 0 Å². The summed E-state index contributed by atoms with van der Waals surface area (Å²) in [5.41, 5.74) is 9.35. The SMILES string of the molecule is Cc1[nH]c2ccccc2c1C=Nc1n[nH]c(Nc2cccc(Cl)c2)c1C(N)=O. The third kappa shape index (κ3) is 3.35. The van der Waals surface area contributed by atoms with Crippen LogP contribution in [0, 0.1) is 6.92 Å². The molecular weight excluding hydrogens is 376 g/mol. The zero-order valence-electron chi connectivity index (χ0n) is 15.0. The number of hydrogen-bond donors (Lipinski definition) is 4. The molecule has 2 aromatic carbocycles. The Morgan fingerprint density at radius 2 is 2.07 bits per heavy atom. The fraction of sp³-hybridized carbons (Fsp3) is 0.0500. The lowest BCUT2D eigenvalue weighted by Crippen LogP contribution is -2.12. The molecule has 5 N–H and O–H groups in total. The lowest BCUT2D eigenvalue weighted by atomic mass is 10.1. The number of amides is 1. The molecule has 0 aliphatic heterocycles. The van der Waals surface area contributed by atoms with Gasteiger partial charge in [0.05, 0.1) is 0 Å². The van der Waals surface area contributed by atoms with Crippen molar-refractivity contribution in [2.45, 2.75) is 6.92 Å². The van der Waals surface area contributed by atoms with E-state index in [4.69, 9.17) is 17.3 Å². The first-order valence-electron chi connectivity index (χ1n) is 8.55. The smallest absolute Gasteiger partial charge is 0.256 e. The first-order valence-corrected chi connectivity index (χ1v) is 8.93. The third-order valence-electron chi connectivity index (χ3n) is 4.35. The molecule has 8 heteroatoms. The Kier molecular flexibility index (Phi) is 4.58. The summed E-state index contributed by atoms with van der Waals surface area (Å²) in [6.07, 6.45) is 1.68. The van der Waals surface area contributed by atoms with Gasteiger partial charge in [0.25, 0.3) is 5.91 Å². The van der Waals surface area contributed by atoms with Crippen molar-refractivity contribution in [2.24, 2.45) is 10.7 Å². The van der Waals surface area contributed by atoms with Crippen molar-refractivity contribution in [1.82, 2.24) is 15.2 Å². The van der Waals surface area contributed by atoms with E-state index in [0.717, 1.165) is 22.2 Å². The van der Waals surface area contributed by atoms with Gasteiger partial charge in [-0.15, -0.1) is 0 Å². The molecule has 0 aliphatic carbocycles. The number of halogens is 1. The van der Waals surface area contributed by atoms with Crippen LogP contribution in [0.3, 0.4) is 0 Å². The number of para-hydroxylation sites is 1. The van der Waals surface area contributed by atoms with Gasteiger partial charge in [-0.1, -0.05) is 35.9 Å². The van der Waals surface area contributed by atoms with Gasteiger partial charge in [0, 0.05) is 39.1 Å². The van der Waals surface area contributed by atoms with Crippen LogP contribution in [0.4, 0.5) is 17.3 Å². The minimum absolute atomic E-state index is 0.175. The summed E-state index contributed by atoms with van der Waals surface area (Å²) in [7, 11) is 0. The molecule has 0 bridgehead atoms. The quantitative estimate of drug-likeness (QED) is 0.376. The number of aromatic amines is 2. The molecule has 0 spiro atoms. The summed E-state index contributed by atoms with van der Waals surface area (Å²) in [6, 6.07) is 15.0. The average Bonchev–Trinajstić information content (AvgIpc) is 3.20. The average molecular weight is 393 g/mol. The fourth-order valence-electron chi connectivity index (χ4n) is 3.05. The molecule has 0 atom stereocenters. The van der Waals surface area contributed by atoms with Gasteiger partial charge in [-0.3, -0.25) is 9.89 Å². The molecule has 0 saturated carbocycles. The number of aryl methyl sites for hydroxylation is 1. The number of carbonyl (C=O) groups excluding carboxylic acids is 1. The Morgan fingerprint density at radius 3 is 2.86 bits per heavy atom. The molecule has 1 amide bonds. The number of aromatic nitrogens is 3. The molecule has 28 heavy (non-hydrogen) atoms. The molecule has 0 aliphatic rings.